The van der Waals surface area contributed by atoms with Crippen LogP contribution >= 0.6 is 24.4 Å². The maximum Gasteiger partial charge on any atom is 0.213 e. The van der Waals surface area contributed by atoms with E-state index in [2.05, 4.69) is 48.0 Å². The largest absolute Gasteiger partial charge is 0.370 e. The van der Waals surface area contributed by atoms with E-state index in [-0.39, 0.29) is 12.2 Å². The summed E-state index contributed by atoms with van der Waals surface area (Å²) in [4.78, 5) is 8.85. The van der Waals surface area contributed by atoms with Gasteiger partial charge in [-0.15, -0.1) is 0 Å². The van der Waals surface area contributed by atoms with Crippen LogP contribution in [0.3, 0.4) is 0 Å². The number of rotatable bonds is 3. The van der Waals surface area contributed by atoms with E-state index in [9.17, 15) is 0 Å². The van der Waals surface area contributed by atoms with Gasteiger partial charge in [-0.2, -0.15) is 0 Å². The van der Waals surface area contributed by atoms with Crippen molar-refractivity contribution in [1.82, 2.24) is 9.62 Å². The fraction of sp³-hybridized carbons (Fsp3) is 0.467. The molecule has 0 aromatic heterocycles. The van der Waals surface area contributed by atoms with E-state index in [0.717, 1.165) is 16.1 Å². The van der Waals surface area contributed by atoms with Crippen molar-refractivity contribution in [2.24, 2.45) is 15.7 Å². The predicted octanol–water partition coefficient (Wildman–Crippen LogP) is 3.29. The van der Waals surface area contributed by atoms with Crippen molar-refractivity contribution in [2.75, 3.05) is 0 Å². The molecular formula is C15H22ClN5S. The Bertz CT molecular complexity index is 614. The van der Waals surface area contributed by atoms with E-state index in [1.165, 1.54) is 0 Å². The molecule has 3 N–H and O–H groups in total. The van der Waals surface area contributed by atoms with Crippen molar-refractivity contribution in [2.45, 2.75) is 45.8 Å². The molecule has 1 aliphatic rings. The second-order valence-electron chi connectivity index (χ2n) is 5.68. The summed E-state index contributed by atoms with van der Waals surface area (Å²) in [5, 5.41) is 3.73. The van der Waals surface area contributed by atoms with Crippen molar-refractivity contribution in [3.05, 3.63) is 34.3 Å². The van der Waals surface area contributed by atoms with Gasteiger partial charge < -0.3 is 5.73 Å². The highest BCUT2D eigenvalue weighted by Gasteiger charge is 2.22. The lowest BCUT2D eigenvalue weighted by molar-refractivity contribution is 0.503. The first-order valence-electron chi connectivity index (χ1n) is 7.25. The number of nitrogens with two attached hydrogens (primary N) is 1. The summed E-state index contributed by atoms with van der Waals surface area (Å²) < 4.78 is 1.66. The Morgan fingerprint density at radius 1 is 1.41 bits per heavy atom. The second kappa shape index (κ2) is 6.79. The zero-order valence-electron chi connectivity index (χ0n) is 13.2. The van der Waals surface area contributed by atoms with Crippen LogP contribution in [0.2, 0.25) is 5.02 Å². The molecule has 0 amide bonds. The number of hydrogen-bond acceptors (Lipinski definition) is 4. The van der Waals surface area contributed by atoms with E-state index in [1.807, 2.05) is 26.0 Å². The maximum atomic E-state index is 6.25. The van der Waals surface area contributed by atoms with Crippen LogP contribution in [-0.4, -0.2) is 22.4 Å². The molecule has 0 saturated carbocycles. The number of aliphatic imine (C=N–C) groups is 2. The number of hydrogen-bond donors (Lipinski definition) is 3. The summed E-state index contributed by atoms with van der Waals surface area (Å²) in [7, 11) is 0. The summed E-state index contributed by atoms with van der Waals surface area (Å²) in [5.41, 5.74) is 7.98. The summed E-state index contributed by atoms with van der Waals surface area (Å²) in [6.45, 7) is 8.17. The van der Waals surface area contributed by atoms with Gasteiger partial charge in [0, 0.05) is 5.02 Å². The predicted molar refractivity (Wildman–Crippen MR) is 96.4 cm³/mol. The first-order chi connectivity index (χ1) is 10.3. The summed E-state index contributed by atoms with van der Waals surface area (Å²) in [6.07, 6.45) is -0.160. The lowest BCUT2D eigenvalue weighted by Gasteiger charge is -2.29. The molecule has 0 radical (unpaired) electrons. The van der Waals surface area contributed by atoms with Gasteiger partial charge in [-0.25, -0.2) is 9.98 Å². The lowest BCUT2D eigenvalue weighted by atomic mass is 9.98. The molecular weight excluding hydrogens is 318 g/mol. The van der Waals surface area contributed by atoms with Crippen LogP contribution in [-0.2, 0) is 0 Å². The van der Waals surface area contributed by atoms with Gasteiger partial charge >= 0.3 is 0 Å². The number of halogens is 1. The normalized spacial score (nSPS) is 21.8. The summed E-state index contributed by atoms with van der Waals surface area (Å²) in [5.74, 6) is 1.31. The lowest BCUT2D eigenvalue weighted by Crippen LogP contribution is -2.51. The monoisotopic (exact) mass is 339 g/mol. The van der Waals surface area contributed by atoms with Gasteiger partial charge in [-0.3, -0.25) is 9.62 Å². The van der Waals surface area contributed by atoms with Crippen molar-refractivity contribution in [1.29, 1.82) is 0 Å². The SMILES string of the molecule is CC(C)c1cc(C(C)N=C2NC(N)=NC(C)N2S)ccc1Cl. The van der Waals surface area contributed by atoms with Gasteiger partial charge in [-0.1, -0.05) is 50.4 Å². The third kappa shape index (κ3) is 3.67. The molecule has 0 fully saturated rings. The van der Waals surface area contributed by atoms with Crippen LogP contribution in [0.4, 0.5) is 0 Å². The van der Waals surface area contributed by atoms with E-state index in [4.69, 9.17) is 17.3 Å². The van der Waals surface area contributed by atoms with Gasteiger partial charge in [0.1, 0.15) is 6.17 Å². The van der Waals surface area contributed by atoms with Crippen LogP contribution in [0, 0.1) is 0 Å². The third-order valence-electron chi connectivity index (χ3n) is 3.58. The van der Waals surface area contributed by atoms with Crippen molar-refractivity contribution in [3.8, 4) is 0 Å². The van der Waals surface area contributed by atoms with Crippen LogP contribution in [0.5, 0.6) is 0 Å². The molecule has 1 heterocycles. The van der Waals surface area contributed by atoms with E-state index >= 15 is 0 Å². The highest BCUT2D eigenvalue weighted by atomic mass is 35.5. The highest BCUT2D eigenvalue weighted by Crippen LogP contribution is 2.29. The molecule has 0 saturated heterocycles. The first kappa shape index (κ1) is 17.0. The van der Waals surface area contributed by atoms with E-state index in [1.54, 1.807) is 4.31 Å². The molecule has 2 unspecified atom stereocenters. The van der Waals surface area contributed by atoms with Gasteiger partial charge in [0.2, 0.25) is 5.96 Å². The van der Waals surface area contributed by atoms with Crippen LogP contribution in [0.15, 0.2) is 28.2 Å². The topological polar surface area (TPSA) is 66.0 Å². The van der Waals surface area contributed by atoms with Crippen molar-refractivity contribution in [3.63, 3.8) is 0 Å². The zero-order chi connectivity index (χ0) is 16.4. The average Bonchev–Trinajstić information content (AvgIpc) is 2.44. The smallest absolute Gasteiger partial charge is 0.213 e. The van der Waals surface area contributed by atoms with Gasteiger partial charge in [-0.05, 0) is 37.0 Å². The van der Waals surface area contributed by atoms with Crippen molar-refractivity contribution < 1.29 is 0 Å². The number of guanidine groups is 2. The molecule has 120 valence electrons. The molecule has 7 heteroatoms. The van der Waals surface area contributed by atoms with Crippen molar-refractivity contribution >= 4 is 36.3 Å². The third-order valence-corrected chi connectivity index (χ3v) is 4.45. The number of nitrogens with one attached hydrogen (secondary N) is 1. The Morgan fingerprint density at radius 2 is 2.09 bits per heavy atom. The minimum Gasteiger partial charge on any atom is -0.370 e. The molecule has 1 aromatic carbocycles. The molecule has 0 spiro atoms. The van der Waals surface area contributed by atoms with Gasteiger partial charge in [0.05, 0.1) is 6.04 Å². The first-order valence-corrected chi connectivity index (χ1v) is 8.03. The number of benzene rings is 1. The van der Waals surface area contributed by atoms with Crippen LogP contribution < -0.4 is 11.1 Å². The zero-order valence-corrected chi connectivity index (χ0v) is 14.9. The molecule has 1 aromatic rings. The average molecular weight is 340 g/mol. The minimum absolute atomic E-state index is 0.0509. The summed E-state index contributed by atoms with van der Waals surface area (Å²) in [6, 6.07) is 5.97. The Kier molecular flexibility index (Phi) is 5.24. The molecule has 5 nitrogen and oxygen atoms in total. The molecule has 0 bridgehead atoms. The molecule has 2 rings (SSSR count). The number of nitrogens with zero attached hydrogens (tertiary/aromatic N) is 3. The Hall–Kier alpha value is -1.40. The molecule has 22 heavy (non-hydrogen) atoms. The van der Waals surface area contributed by atoms with E-state index in [0.29, 0.717) is 17.8 Å². The fourth-order valence-corrected chi connectivity index (χ4v) is 2.74. The second-order valence-corrected chi connectivity index (χ2v) is 6.52. The molecule has 1 aliphatic heterocycles. The number of thiol groups is 1. The maximum absolute atomic E-state index is 6.25. The fourth-order valence-electron chi connectivity index (χ4n) is 2.25. The highest BCUT2D eigenvalue weighted by molar-refractivity contribution is 7.78. The molecule has 0 aliphatic carbocycles. The van der Waals surface area contributed by atoms with Gasteiger partial charge in [0.25, 0.3) is 0 Å². The van der Waals surface area contributed by atoms with Gasteiger partial charge in [0.15, 0.2) is 5.96 Å². The Morgan fingerprint density at radius 3 is 2.73 bits per heavy atom. The Balaban J connectivity index is 2.29. The van der Waals surface area contributed by atoms with E-state index < -0.39 is 0 Å². The quantitative estimate of drug-likeness (QED) is 0.740. The van der Waals surface area contributed by atoms with Crippen LogP contribution in [0.1, 0.15) is 50.8 Å². The van der Waals surface area contributed by atoms with Crippen LogP contribution in [0.25, 0.3) is 0 Å². The minimum atomic E-state index is -0.160. The molecule has 2 atom stereocenters. The summed E-state index contributed by atoms with van der Waals surface area (Å²) >= 11 is 10.7. The standard InChI is InChI=1S/C15H22ClN5S/c1-8(2)12-7-11(5-6-13(12)16)9(3)18-15-20-14(17)19-10(4)21(15)22/h5-10,22H,1-4H3,(H3,17,18,19,20). The Labute approximate surface area is 142 Å².